The second kappa shape index (κ2) is 5.74. The normalized spacial score (nSPS) is 9.71. The van der Waals surface area contributed by atoms with Crippen molar-refractivity contribution in [1.29, 1.82) is 0 Å². The summed E-state index contributed by atoms with van der Waals surface area (Å²) in [6, 6.07) is 4.47. The third-order valence-electron chi connectivity index (χ3n) is 2.09. The van der Waals surface area contributed by atoms with Crippen molar-refractivity contribution in [2.45, 2.75) is 6.92 Å². The quantitative estimate of drug-likeness (QED) is 0.559. The average molecular weight is 237 g/mol. The number of carboxylic acids is 1. The van der Waals surface area contributed by atoms with Gasteiger partial charge < -0.3 is 21.5 Å². The van der Waals surface area contributed by atoms with Crippen LogP contribution in [0.15, 0.2) is 18.2 Å². The Labute approximate surface area is 98.8 Å². The van der Waals surface area contributed by atoms with E-state index in [1.165, 1.54) is 12.1 Å². The topological polar surface area (TPSA) is 104 Å². The molecular formula is C11H15N3O3. The van der Waals surface area contributed by atoms with Gasteiger partial charge in [0.1, 0.15) is 0 Å². The maximum Gasteiger partial charge on any atom is 0.337 e. The van der Waals surface area contributed by atoms with E-state index in [-0.39, 0.29) is 18.0 Å². The van der Waals surface area contributed by atoms with Crippen LogP contribution in [0, 0.1) is 0 Å². The van der Waals surface area contributed by atoms with Gasteiger partial charge >= 0.3 is 5.97 Å². The van der Waals surface area contributed by atoms with Crippen LogP contribution in [0.3, 0.4) is 0 Å². The Morgan fingerprint density at radius 1 is 1.41 bits per heavy atom. The zero-order chi connectivity index (χ0) is 12.8. The minimum atomic E-state index is -1.09. The van der Waals surface area contributed by atoms with Crippen molar-refractivity contribution < 1.29 is 14.7 Å². The molecule has 17 heavy (non-hydrogen) atoms. The van der Waals surface area contributed by atoms with Gasteiger partial charge in [-0.1, -0.05) is 0 Å². The molecule has 0 fully saturated rings. The molecule has 0 bridgehead atoms. The summed E-state index contributed by atoms with van der Waals surface area (Å²) in [6.07, 6.45) is 0. The molecule has 0 unspecified atom stereocenters. The van der Waals surface area contributed by atoms with Crippen LogP contribution in [0.2, 0.25) is 0 Å². The van der Waals surface area contributed by atoms with Crippen LogP contribution in [-0.4, -0.2) is 30.1 Å². The maximum atomic E-state index is 11.2. The molecule has 5 N–H and O–H groups in total. The van der Waals surface area contributed by atoms with E-state index < -0.39 is 5.97 Å². The monoisotopic (exact) mass is 237 g/mol. The Balaban J connectivity index is 2.77. The Morgan fingerprint density at radius 3 is 2.71 bits per heavy atom. The number of rotatable bonds is 5. The van der Waals surface area contributed by atoms with Gasteiger partial charge in [-0.3, -0.25) is 4.79 Å². The number of hydrogen-bond donors (Lipinski definition) is 4. The Bertz CT molecular complexity index is 432. The van der Waals surface area contributed by atoms with Crippen molar-refractivity contribution in [3.8, 4) is 0 Å². The minimum absolute atomic E-state index is 0.0258. The molecule has 1 amide bonds. The second-order valence-corrected chi connectivity index (χ2v) is 3.42. The summed E-state index contributed by atoms with van der Waals surface area (Å²) in [5.74, 6) is -1.28. The van der Waals surface area contributed by atoms with Gasteiger partial charge in [0.05, 0.1) is 12.1 Å². The molecule has 6 nitrogen and oxygen atoms in total. The third kappa shape index (κ3) is 3.67. The molecule has 0 radical (unpaired) electrons. The molecule has 0 aliphatic rings. The van der Waals surface area contributed by atoms with Crippen molar-refractivity contribution in [2.24, 2.45) is 0 Å². The maximum absolute atomic E-state index is 11.2. The summed E-state index contributed by atoms with van der Waals surface area (Å²) < 4.78 is 0. The Hall–Kier alpha value is -2.24. The second-order valence-electron chi connectivity index (χ2n) is 3.42. The number of aromatic carboxylic acids is 1. The van der Waals surface area contributed by atoms with Gasteiger partial charge in [-0.2, -0.15) is 0 Å². The summed E-state index contributed by atoms with van der Waals surface area (Å²) in [4.78, 5) is 22.2. The molecule has 0 heterocycles. The van der Waals surface area contributed by atoms with E-state index in [4.69, 9.17) is 10.8 Å². The molecule has 0 saturated heterocycles. The zero-order valence-electron chi connectivity index (χ0n) is 9.49. The van der Waals surface area contributed by atoms with Crippen LogP contribution in [0.4, 0.5) is 11.4 Å². The number of carbonyl (C=O) groups excluding carboxylic acids is 1. The molecule has 0 saturated carbocycles. The number of hydrogen-bond acceptors (Lipinski definition) is 4. The number of carboxylic acid groups (broad SMARTS) is 1. The first kappa shape index (κ1) is 12.8. The van der Waals surface area contributed by atoms with E-state index in [9.17, 15) is 9.59 Å². The summed E-state index contributed by atoms with van der Waals surface area (Å²) >= 11 is 0. The highest BCUT2D eigenvalue weighted by Gasteiger charge is 2.10. The van der Waals surface area contributed by atoms with Crippen LogP contribution >= 0.6 is 0 Å². The van der Waals surface area contributed by atoms with Crippen molar-refractivity contribution in [2.75, 3.05) is 24.1 Å². The number of nitrogens with two attached hydrogens (primary N) is 1. The summed E-state index contributed by atoms with van der Waals surface area (Å²) in [5.41, 5.74) is 6.29. The van der Waals surface area contributed by atoms with Gasteiger partial charge in [-0.05, 0) is 25.1 Å². The number of likely N-dealkylation sites (N-methyl/N-ethyl adjacent to an activating group) is 1. The zero-order valence-corrected chi connectivity index (χ0v) is 9.49. The summed E-state index contributed by atoms with van der Waals surface area (Å²) in [7, 11) is 0. The van der Waals surface area contributed by atoms with E-state index >= 15 is 0 Å². The van der Waals surface area contributed by atoms with Gasteiger partial charge in [-0.15, -0.1) is 0 Å². The standard InChI is InChI=1S/C11H15N3O3/c1-2-13-10(15)6-14-9-4-3-7(12)5-8(9)11(16)17/h3-5,14H,2,6,12H2,1H3,(H,13,15)(H,16,17). The largest absolute Gasteiger partial charge is 0.478 e. The van der Waals surface area contributed by atoms with Gasteiger partial charge in [0, 0.05) is 17.9 Å². The predicted octanol–water partition coefficient (Wildman–Crippen LogP) is 0.515. The first-order valence-electron chi connectivity index (χ1n) is 5.18. The van der Waals surface area contributed by atoms with Crippen molar-refractivity contribution >= 4 is 23.3 Å². The molecule has 0 atom stereocenters. The van der Waals surface area contributed by atoms with Crippen molar-refractivity contribution in [3.05, 3.63) is 23.8 Å². The average Bonchev–Trinajstić information content (AvgIpc) is 2.27. The molecular weight excluding hydrogens is 222 g/mol. The van der Waals surface area contributed by atoms with Gasteiger partial charge in [0.15, 0.2) is 0 Å². The SMILES string of the molecule is CCNC(=O)CNc1ccc(N)cc1C(=O)O. The molecule has 6 heteroatoms. The third-order valence-corrected chi connectivity index (χ3v) is 2.09. The highest BCUT2D eigenvalue weighted by atomic mass is 16.4. The smallest absolute Gasteiger partial charge is 0.337 e. The van der Waals surface area contributed by atoms with E-state index in [0.29, 0.717) is 17.9 Å². The number of amides is 1. The van der Waals surface area contributed by atoms with Crippen LogP contribution in [0.5, 0.6) is 0 Å². The molecule has 1 aromatic rings. The van der Waals surface area contributed by atoms with Gasteiger partial charge in [0.25, 0.3) is 0 Å². The lowest BCUT2D eigenvalue weighted by Crippen LogP contribution is -2.29. The van der Waals surface area contributed by atoms with Gasteiger partial charge in [0.2, 0.25) is 5.91 Å². The highest BCUT2D eigenvalue weighted by Crippen LogP contribution is 2.18. The Morgan fingerprint density at radius 2 is 2.12 bits per heavy atom. The number of benzene rings is 1. The molecule has 0 aromatic heterocycles. The molecule has 1 rings (SSSR count). The van der Waals surface area contributed by atoms with E-state index in [1.54, 1.807) is 6.07 Å². The lowest BCUT2D eigenvalue weighted by molar-refractivity contribution is -0.119. The van der Waals surface area contributed by atoms with Crippen LogP contribution in [-0.2, 0) is 4.79 Å². The first-order valence-corrected chi connectivity index (χ1v) is 5.18. The van der Waals surface area contributed by atoms with E-state index in [2.05, 4.69) is 10.6 Å². The molecule has 0 aliphatic carbocycles. The highest BCUT2D eigenvalue weighted by molar-refractivity contribution is 5.96. The molecule has 92 valence electrons. The first-order chi connectivity index (χ1) is 8.04. The lowest BCUT2D eigenvalue weighted by atomic mass is 10.1. The van der Waals surface area contributed by atoms with Crippen molar-refractivity contribution in [3.63, 3.8) is 0 Å². The fourth-order valence-corrected chi connectivity index (χ4v) is 1.33. The fraction of sp³-hybridized carbons (Fsp3) is 0.273. The summed E-state index contributed by atoms with van der Waals surface area (Å²) in [6.45, 7) is 2.37. The Kier molecular flexibility index (Phi) is 4.33. The summed E-state index contributed by atoms with van der Waals surface area (Å²) in [5, 5.41) is 14.3. The lowest BCUT2D eigenvalue weighted by Gasteiger charge is -2.09. The number of nitrogen functional groups attached to an aromatic ring is 1. The molecule has 1 aromatic carbocycles. The molecule has 0 aliphatic heterocycles. The predicted molar refractivity (Wildman–Crippen MR) is 65.0 cm³/mol. The van der Waals surface area contributed by atoms with E-state index in [1.807, 2.05) is 6.92 Å². The van der Waals surface area contributed by atoms with Gasteiger partial charge in [-0.25, -0.2) is 4.79 Å². The van der Waals surface area contributed by atoms with Crippen LogP contribution in [0.1, 0.15) is 17.3 Å². The number of anilines is 2. The minimum Gasteiger partial charge on any atom is -0.478 e. The molecule has 0 spiro atoms. The van der Waals surface area contributed by atoms with Crippen LogP contribution < -0.4 is 16.4 Å². The van der Waals surface area contributed by atoms with E-state index in [0.717, 1.165) is 0 Å². The number of carbonyl (C=O) groups is 2. The number of nitrogens with one attached hydrogen (secondary N) is 2. The van der Waals surface area contributed by atoms with Crippen molar-refractivity contribution in [1.82, 2.24) is 5.32 Å². The van der Waals surface area contributed by atoms with Crippen LogP contribution in [0.25, 0.3) is 0 Å². The fourth-order valence-electron chi connectivity index (χ4n) is 1.33.